The molecule has 0 fully saturated rings. The molecule has 0 bridgehead atoms. The van der Waals surface area contributed by atoms with Crippen LogP contribution >= 0.6 is 0 Å². The molecule has 21 heavy (non-hydrogen) atoms. The Balaban J connectivity index is 2.19. The van der Waals surface area contributed by atoms with Crippen LogP contribution in [0, 0.1) is 0 Å². The third kappa shape index (κ3) is 4.72. The molecule has 110 valence electrons. The Hall–Kier alpha value is -2.13. The smallest absolute Gasteiger partial charge is 0.361 e. The van der Waals surface area contributed by atoms with Crippen LogP contribution in [0.4, 0.5) is 0 Å². The number of ether oxygens (including phenoxy) is 1. The summed E-state index contributed by atoms with van der Waals surface area (Å²) in [4.78, 5) is 11.8. The first-order valence-corrected chi connectivity index (χ1v) is 7.09. The maximum atomic E-state index is 11.8. The minimum Gasteiger partial charge on any atom is -0.465 e. The maximum Gasteiger partial charge on any atom is 0.361 e. The zero-order valence-corrected chi connectivity index (χ0v) is 12.7. The van der Waals surface area contributed by atoms with Crippen LogP contribution in [0.1, 0.15) is 11.1 Å². The number of rotatable bonds is 6. The summed E-state index contributed by atoms with van der Waals surface area (Å²) in [5.74, 6) is -0.177. The van der Waals surface area contributed by atoms with Crippen molar-refractivity contribution in [2.24, 2.45) is 0 Å². The van der Waals surface area contributed by atoms with Gasteiger partial charge in [0.2, 0.25) is 0 Å². The molecule has 3 nitrogen and oxygen atoms in total. The van der Waals surface area contributed by atoms with Crippen molar-refractivity contribution in [3.63, 3.8) is 0 Å². The van der Waals surface area contributed by atoms with E-state index in [1.807, 2.05) is 36.4 Å². The van der Waals surface area contributed by atoms with Crippen molar-refractivity contribution >= 4 is 5.97 Å². The zero-order chi connectivity index (χ0) is 15.1. The summed E-state index contributed by atoms with van der Waals surface area (Å²) in [6.45, 7) is 1.95. The fourth-order valence-corrected chi connectivity index (χ4v) is 2.59. The molecule has 2 aromatic rings. The third-order valence-corrected chi connectivity index (χ3v) is 3.55. The highest BCUT2D eigenvalue weighted by Gasteiger charge is 2.26. The lowest BCUT2D eigenvalue weighted by atomic mass is 10.1. The van der Waals surface area contributed by atoms with Crippen LogP contribution in [0.25, 0.3) is 0 Å². The molecule has 0 unspecified atom stereocenters. The number of esters is 1. The molecular formula is C18H22NO2+. The molecule has 0 aliphatic rings. The molecule has 0 aliphatic heterocycles. The van der Waals surface area contributed by atoms with Crippen LogP contribution in [0.3, 0.4) is 0 Å². The van der Waals surface area contributed by atoms with E-state index < -0.39 is 0 Å². The predicted octanol–water partition coefficient (Wildman–Crippen LogP) is 3.01. The first-order valence-electron chi connectivity index (χ1n) is 7.09. The lowest BCUT2D eigenvalue weighted by Gasteiger charge is -2.33. The van der Waals surface area contributed by atoms with E-state index >= 15 is 0 Å². The lowest BCUT2D eigenvalue weighted by Crippen LogP contribution is -2.46. The lowest BCUT2D eigenvalue weighted by molar-refractivity contribution is -0.928. The van der Waals surface area contributed by atoms with Crippen LogP contribution < -0.4 is 0 Å². The number of hydrogen-bond donors (Lipinski definition) is 0. The quantitative estimate of drug-likeness (QED) is 0.602. The van der Waals surface area contributed by atoms with Crippen molar-refractivity contribution in [2.45, 2.75) is 13.1 Å². The number of hydrogen-bond acceptors (Lipinski definition) is 2. The molecule has 0 N–H and O–H groups in total. The van der Waals surface area contributed by atoms with Crippen molar-refractivity contribution in [3.05, 3.63) is 71.8 Å². The van der Waals surface area contributed by atoms with Gasteiger partial charge in [0.05, 0.1) is 14.2 Å². The second-order valence-corrected chi connectivity index (χ2v) is 5.64. The van der Waals surface area contributed by atoms with Gasteiger partial charge in [0.15, 0.2) is 6.54 Å². The van der Waals surface area contributed by atoms with E-state index in [9.17, 15) is 4.79 Å². The first kappa shape index (κ1) is 15.3. The monoisotopic (exact) mass is 284 g/mol. The fraction of sp³-hybridized carbons (Fsp3) is 0.278. The SMILES string of the molecule is COC(=O)C[N+](C)(Cc1ccccc1)Cc1ccccc1. The number of carbonyl (C=O) groups excluding carboxylic acids is 1. The number of carbonyl (C=O) groups is 1. The number of likely N-dealkylation sites (N-methyl/N-ethyl adjacent to an activating group) is 1. The van der Waals surface area contributed by atoms with Crippen molar-refractivity contribution in [2.75, 3.05) is 20.7 Å². The van der Waals surface area contributed by atoms with Gasteiger partial charge in [0, 0.05) is 11.1 Å². The van der Waals surface area contributed by atoms with Crippen LogP contribution in [-0.2, 0) is 22.6 Å². The standard InChI is InChI=1S/C18H22NO2/c1-19(15-18(20)21-2,13-16-9-5-3-6-10-16)14-17-11-7-4-8-12-17/h3-12H,13-15H2,1-2H3/q+1. The normalized spacial score (nSPS) is 11.1. The maximum absolute atomic E-state index is 11.8. The van der Waals surface area contributed by atoms with Gasteiger partial charge in [-0.1, -0.05) is 60.7 Å². The first-order chi connectivity index (χ1) is 10.1. The number of nitrogens with zero attached hydrogens (tertiary/aromatic N) is 1. The Kier molecular flexibility index (Phi) is 5.12. The summed E-state index contributed by atoms with van der Waals surface area (Å²) in [7, 11) is 3.54. The van der Waals surface area contributed by atoms with E-state index in [2.05, 4.69) is 31.3 Å². The van der Waals surface area contributed by atoms with Gasteiger partial charge < -0.3 is 9.22 Å². The minimum atomic E-state index is -0.177. The van der Waals surface area contributed by atoms with Crippen molar-refractivity contribution in [3.8, 4) is 0 Å². The molecule has 0 radical (unpaired) electrons. The van der Waals surface area contributed by atoms with Crippen molar-refractivity contribution in [1.82, 2.24) is 0 Å². The molecule has 0 saturated heterocycles. The van der Waals surface area contributed by atoms with Gasteiger partial charge in [-0.05, 0) is 0 Å². The Labute approximate surface area is 126 Å². The predicted molar refractivity (Wildman–Crippen MR) is 83.4 cm³/mol. The summed E-state index contributed by atoms with van der Waals surface area (Å²) >= 11 is 0. The van der Waals surface area contributed by atoms with Crippen molar-refractivity contribution in [1.29, 1.82) is 0 Å². The molecule has 0 saturated carbocycles. The Bertz CT molecular complexity index is 525. The van der Waals surface area contributed by atoms with Gasteiger partial charge in [-0.15, -0.1) is 0 Å². The molecule has 0 amide bonds. The van der Waals surface area contributed by atoms with E-state index in [1.165, 1.54) is 18.2 Å². The van der Waals surface area contributed by atoms with Gasteiger partial charge in [-0.2, -0.15) is 0 Å². The van der Waals surface area contributed by atoms with Crippen LogP contribution in [0.5, 0.6) is 0 Å². The topological polar surface area (TPSA) is 26.3 Å². The number of quaternary nitrogens is 1. The van der Waals surface area contributed by atoms with Crippen LogP contribution in [-0.4, -0.2) is 31.2 Å². The molecule has 0 spiro atoms. The Morgan fingerprint density at radius 3 is 1.71 bits per heavy atom. The van der Waals surface area contributed by atoms with E-state index in [4.69, 9.17) is 4.74 Å². The third-order valence-electron chi connectivity index (χ3n) is 3.55. The van der Waals surface area contributed by atoms with E-state index in [0.717, 1.165) is 13.1 Å². The summed E-state index contributed by atoms with van der Waals surface area (Å²) in [5, 5.41) is 0. The van der Waals surface area contributed by atoms with Crippen LogP contribution in [0.2, 0.25) is 0 Å². The molecular weight excluding hydrogens is 262 g/mol. The molecule has 3 heteroatoms. The van der Waals surface area contributed by atoms with Gasteiger partial charge in [0.25, 0.3) is 0 Å². The van der Waals surface area contributed by atoms with Gasteiger partial charge >= 0.3 is 5.97 Å². The second-order valence-electron chi connectivity index (χ2n) is 5.64. The fourth-order valence-electron chi connectivity index (χ4n) is 2.59. The molecule has 2 rings (SSSR count). The summed E-state index contributed by atoms with van der Waals surface area (Å²) in [6.07, 6.45) is 0. The van der Waals surface area contributed by atoms with Gasteiger partial charge in [-0.25, -0.2) is 4.79 Å². The van der Waals surface area contributed by atoms with Gasteiger partial charge in [-0.3, -0.25) is 0 Å². The largest absolute Gasteiger partial charge is 0.465 e. The van der Waals surface area contributed by atoms with E-state index in [0.29, 0.717) is 11.0 Å². The summed E-state index contributed by atoms with van der Waals surface area (Å²) < 4.78 is 5.46. The second kappa shape index (κ2) is 7.04. The molecule has 0 atom stereocenters. The summed E-state index contributed by atoms with van der Waals surface area (Å²) in [5.41, 5.74) is 2.44. The van der Waals surface area contributed by atoms with E-state index in [1.54, 1.807) is 0 Å². The Morgan fingerprint density at radius 2 is 1.33 bits per heavy atom. The molecule has 2 aromatic carbocycles. The van der Waals surface area contributed by atoms with Crippen molar-refractivity contribution < 1.29 is 14.0 Å². The highest BCUT2D eigenvalue weighted by molar-refractivity contribution is 5.70. The minimum absolute atomic E-state index is 0.177. The average Bonchev–Trinajstić information content (AvgIpc) is 2.48. The average molecular weight is 284 g/mol. The zero-order valence-electron chi connectivity index (χ0n) is 12.7. The van der Waals surface area contributed by atoms with Crippen LogP contribution in [0.15, 0.2) is 60.7 Å². The van der Waals surface area contributed by atoms with Gasteiger partial charge in [0.1, 0.15) is 13.1 Å². The number of methoxy groups -OCH3 is 1. The molecule has 0 aromatic heterocycles. The highest BCUT2D eigenvalue weighted by atomic mass is 16.5. The highest BCUT2D eigenvalue weighted by Crippen LogP contribution is 2.17. The van der Waals surface area contributed by atoms with E-state index in [-0.39, 0.29) is 5.97 Å². The Morgan fingerprint density at radius 1 is 0.905 bits per heavy atom. The summed E-state index contributed by atoms with van der Waals surface area (Å²) in [6, 6.07) is 20.5. The molecule has 0 aliphatic carbocycles. The molecule has 0 heterocycles. The number of benzene rings is 2.